The lowest BCUT2D eigenvalue weighted by atomic mass is 10.2. The molecule has 0 aliphatic carbocycles. The molecule has 0 aliphatic rings. The maximum absolute atomic E-state index is 12.5. The molecule has 11 heteroatoms. The van der Waals surface area contributed by atoms with Gasteiger partial charge in [-0.25, -0.2) is 25.9 Å². The molecule has 9 nitrogen and oxygen atoms in total. The third-order valence-electron chi connectivity index (χ3n) is 4.15. The van der Waals surface area contributed by atoms with Gasteiger partial charge in [0, 0.05) is 27.2 Å². The van der Waals surface area contributed by atoms with Gasteiger partial charge in [-0.2, -0.15) is 4.31 Å². The first-order valence-corrected chi connectivity index (χ1v) is 11.7. The number of carbonyl (C=O) groups excluding carboxylic acids is 1. The summed E-state index contributed by atoms with van der Waals surface area (Å²) in [5.41, 5.74) is 0.163. The third-order valence-corrected chi connectivity index (χ3v) is 7.90. The summed E-state index contributed by atoms with van der Waals surface area (Å²) in [6, 6.07) is 8.11. The molecule has 1 heterocycles. The Morgan fingerprint density at radius 1 is 0.931 bits per heavy atom. The number of rotatable bonds is 9. The van der Waals surface area contributed by atoms with E-state index in [0.29, 0.717) is 13.1 Å². The van der Waals surface area contributed by atoms with E-state index in [2.05, 4.69) is 0 Å². The number of hydrogen-bond acceptors (Lipinski definition) is 7. The van der Waals surface area contributed by atoms with Crippen LogP contribution in [0.4, 0.5) is 0 Å². The summed E-state index contributed by atoms with van der Waals surface area (Å²) in [5, 5.41) is -0.250. The minimum Gasteiger partial charge on any atom is -0.454 e. The summed E-state index contributed by atoms with van der Waals surface area (Å²) >= 11 is 0. The van der Waals surface area contributed by atoms with Crippen LogP contribution >= 0.6 is 0 Å². The van der Waals surface area contributed by atoms with Gasteiger partial charge in [0.25, 0.3) is 10.0 Å². The molecule has 1 aromatic carbocycles. The van der Waals surface area contributed by atoms with Gasteiger partial charge in [0.15, 0.2) is 0 Å². The minimum absolute atomic E-state index is 0.0855. The second-order valence-electron chi connectivity index (χ2n) is 6.20. The van der Waals surface area contributed by atoms with Crippen molar-refractivity contribution in [3.63, 3.8) is 0 Å². The molecule has 2 aromatic rings. The molecule has 0 atom stereocenters. The fraction of sp³-hybridized carbons (Fsp3) is 0.389. The average Bonchev–Trinajstić information content (AvgIpc) is 3.16. The molecule has 1 aromatic heterocycles. The van der Waals surface area contributed by atoms with Crippen LogP contribution in [0.3, 0.4) is 0 Å². The highest BCUT2D eigenvalue weighted by atomic mass is 32.2. The van der Waals surface area contributed by atoms with Gasteiger partial charge in [0.1, 0.15) is 12.4 Å². The molecule has 0 N–H and O–H groups in total. The summed E-state index contributed by atoms with van der Waals surface area (Å²) in [6.45, 7) is 3.92. The Balaban J connectivity index is 2.07. The minimum atomic E-state index is -3.71. The van der Waals surface area contributed by atoms with Crippen LogP contribution in [0.1, 0.15) is 30.0 Å². The zero-order chi connectivity index (χ0) is 21.8. The normalized spacial score (nSPS) is 12.5. The molecular weight excluding hydrogens is 420 g/mol. The molecule has 0 saturated heterocycles. The summed E-state index contributed by atoms with van der Waals surface area (Å²) < 4.78 is 61.5. The number of hydrogen-bond donors (Lipinski definition) is 0. The van der Waals surface area contributed by atoms with Crippen LogP contribution in [0, 0.1) is 0 Å². The van der Waals surface area contributed by atoms with Crippen LogP contribution in [0.5, 0.6) is 0 Å². The monoisotopic (exact) mass is 444 g/mol. The quantitative estimate of drug-likeness (QED) is 0.543. The highest BCUT2D eigenvalue weighted by molar-refractivity contribution is 7.89. The zero-order valence-electron chi connectivity index (χ0n) is 16.7. The number of carbonyl (C=O) groups is 1. The lowest BCUT2D eigenvalue weighted by Gasteiger charge is -2.18. The zero-order valence-corrected chi connectivity index (χ0v) is 18.3. The van der Waals surface area contributed by atoms with E-state index >= 15 is 0 Å². The van der Waals surface area contributed by atoms with Gasteiger partial charge < -0.3 is 9.15 Å². The van der Waals surface area contributed by atoms with E-state index in [-0.39, 0.29) is 27.9 Å². The fourth-order valence-corrected chi connectivity index (χ4v) is 4.72. The Labute approximate surface area is 171 Å². The predicted molar refractivity (Wildman–Crippen MR) is 105 cm³/mol. The molecule has 0 amide bonds. The van der Waals surface area contributed by atoms with Crippen LogP contribution in [0.2, 0.25) is 0 Å². The van der Waals surface area contributed by atoms with E-state index in [4.69, 9.17) is 9.15 Å². The molecule has 0 spiro atoms. The SMILES string of the molecule is CCN(CC)S(=O)(=O)c1ccc(C(=O)OCc2ccc(S(=O)(=O)N(C)C)o2)cc1. The Bertz CT molecular complexity index is 1050. The van der Waals surface area contributed by atoms with Crippen LogP contribution in [0.15, 0.2) is 50.8 Å². The molecule has 0 bridgehead atoms. The summed E-state index contributed by atoms with van der Waals surface area (Å²) in [4.78, 5) is 12.3. The molecule has 29 heavy (non-hydrogen) atoms. The van der Waals surface area contributed by atoms with Gasteiger partial charge in [0.05, 0.1) is 10.5 Å². The molecule has 0 aliphatic heterocycles. The first kappa shape index (κ1) is 23.1. The molecule has 0 fully saturated rings. The summed E-state index contributed by atoms with van der Waals surface area (Å²) in [7, 11) is -4.57. The van der Waals surface area contributed by atoms with Crippen LogP contribution in [-0.4, -0.2) is 58.6 Å². The van der Waals surface area contributed by atoms with Crippen LogP contribution < -0.4 is 0 Å². The Kier molecular flexibility index (Phi) is 7.22. The average molecular weight is 445 g/mol. The molecule has 160 valence electrons. The topological polar surface area (TPSA) is 114 Å². The number of esters is 1. The van der Waals surface area contributed by atoms with E-state index in [1.165, 1.54) is 54.8 Å². The van der Waals surface area contributed by atoms with Crippen molar-refractivity contribution in [3.8, 4) is 0 Å². The van der Waals surface area contributed by atoms with Gasteiger partial charge in [-0.1, -0.05) is 13.8 Å². The maximum atomic E-state index is 12.5. The predicted octanol–water partition coefficient (Wildman–Crippen LogP) is 1.92. The molecule has 0 radical (unpaired) electrons. The van der Waals surface area contributed by atoms with E-state index in [9.17, 15) is 21.6 Å². The van der Waals surface area contributed by atoms with Gasteiger partial charge in [0.2, 0.25) is 15.1 Å². The van der Waals surface area contributed by atoms with Crippen molar-refractivity contribution in [2.45, 2.75) is 30.4 Å². The molecule has 0 unspecified atom stereocenters. The van der Waals surface area contributed by atoms with Crippen molar-refractivity contribution < 1.29 is 30.8 Å². The van der Waals surface area contributed by atoms with Gasteiger partial charge in [-0.15, -0.1) is 0 Å². The number of benzene rings is 1. The van der Waals surface area contributed by atoms with Crippen molar-refractivity contribution in [1.29, 1.82) is 0 Å². The first-order chi connectivity index (χ1) is 13.5. The van der Waals surface area contributed by atoms with Crippen LogP contribution in [0.25, 0.3) is 0 Å². The van der Waals surface area contributed by atoms with Crippen LogP contribution in [-0.2, 0) is 31.4 Å². The standard InChI is InChI=1S/C18H24N2O7S2/c1-5-20(6-2)28(22,23)16-10-7-14(8-11-16)18(21)26-13-15-9-12-17(27-15)29(24,25)19(3)4/h7-12H,5-6,13H2,1-4H3. The molecule has 0 saturated carbocycles. The lowest BCUT2D eigenvalue weighted by Crippen LogP contribution is -2.30. The second-order valence-corrected chi connectivity index (χ2v) is 10.2. The van der Waals surface area contributed by atoms with Gasteiger partial charge >= 0.3 is 5.97 Å². The Morgan fingerprint density at radius 3 is 2.03 bits per heavy atom. The number of ether oxygens (including phenoxy) is 1. The Morgan fingerprint density at radius 2 is 1.52 bits per heavy atom. The highest BCUT2D eigenvalue weighted by Crippen LogP contribution is 2.19. The third kappa shape index (κ3) is 5.04. The maximum Gasteiger partial charge on any atom is 0.338 e. The van der Waals surface area contributed by atoms with Crippen molar-refractivity contribution >= 4 is 26.0 Å². The second kappa shape index (κ2) is 9.08. The lowest BCUT2D eigenvalue weighted by molar-refractivity contribution is 0.0440. The highest BCUT2D eigenvalue weighted by Gasteiger charge is 2.23. The summed E-state index contributed by atoms with van der Waals surface area (Å²) in [6.07, 6.45) is 0. The van der Waals surface area contributed by atoms with E-state index < -0.39 is 26.0 Å². The van der Waals surface area contributed by atoms with E-state index in [1.54, 1.807) is 13.8 Å². The first-order valence-electron chi connectivity index (χ1n) is 8.82. The van der Waals surface area contributed by atoms with Gasteiger partial charge in [-0.05, 0) is 36.4 Å². The smallest absolute Gasteiger partial charge is 0.338 e. The van der Waals surface area contributed by atoms with E-state index in [1.807, 2.05) is 0 Å². The molecular formula is C18H24N2O7S2. The largest absolute Gasteiger partial charge is 0.454 e. The van der Waals surface area contributed by atoms with E-state index in [0.717, 1.165) is 4.31 Å². The van der Waals surface area contributed by atoms with Gasteiger partial charge in [-0.3, -0.25) is 0 Å². The van der Waals surface area contributed by atoms with Crippen molar-refractivity contribution in [3.05, 3.63) is 47.7 Å². The number of furan rings is 1. The summed E-state index contributed by atoms with van der Waals surface area (Å²) in [5.74, 6) is -0.523. The van der Waals surface area contributed by atoms with Crippen molar-refractivity contribution in [1.82, 2.24) is 8.61 Å². The molecule has 2 rings (SSSR count). The van der Waals surface area contributed by atoms with Crippen molar-refractivity contribution in [2.24, 2.45) is 0 Å². The number of nitrogens with zero attached hydrogens (tertiary/aromatic N) is 2. The van der Waals surface area contributed by atoms with Crippen molar-refractivity contribution in [2.75, 3.05) is 27.2 Å². The fourth-order valence-electron chi connectivity index (χ4n) is 2.45. The number of sulfonamides is 2. The Hall–Kier alpha value is -2.21.